The maximum Gasteiger partial charge on any atom is 0.410 e. The molecule has 1 aromatic heterocycles. The molecule has 8 nitrogen and oxygen atoms in total. The van der Waals surface area contributed by atoms with Gasteiger partial charge in [0.25, 0.3) is 5.56 Å². The second-order valence-electron chi connectivity index (χ2n) is 9.79. The molecule has 10 heteroatoms. The van der Waals surface area contributed by atoms with Crippen LogP contribution >= 0.6 is 0 Å². The van der Waals surface area contributed by atoms with E-state index in [9.17, 15) is 23.6 Å². The fourth-order valence-electron chi connectivity index (χ4n) is 4.63. The second kappa shape index (κ2) is 8.05. The number of benzene rings is 2. The quantitative estimate of drug-likeness (QED) is 0.552. The number of likely N-dealkylation sites (tertiary alicyclic amines) is 1. The first-order valence-electron chi connectivity index (χ1n) is 11.1. The lowest BCUT2D eigenvalue weighted by Gasteiger charge is -2.26. The van der Waals surface area contributed by atoms with Crippen molar-refractivity contribution in [2.75, 3.05) is 13.1 Å². The molecule has 2 aliphatic rings. The van der Waals surface area contributed by atoms with Crippen LogP contribution in [0.5, 0.6) is 11.5 Å². The van der Waals surface area contributed by atoms with Crippen LogP contribution in [-0.2, 0) is 4.74 Å². The Morgan fingerprint density at radius 3 is 2.49 bits per heavy atom. The van der Waals surface area contributed by atoms with Gasteiger partial charge in [0.1, 0.15) is 28.8 Å². The van der Waals surface area contributed by atoms with Crippen LogP contribution in [-0.4, -0.2) is 39.2 Å². The standard InChI is InChI=1S/C25H22F2N4O4/c1-25(2,3)35-24(33)30-10-16-17(11-30)21(16)31-12-29-20-7-4-13(8-14(20)23(31)32)34-22-15(9-28)18(26)5-6-19(22)27/h4-8,12,16-17,21H,10-11H2,1-3H3/t16-,17+,21?. The van der Waals surface area contributed by atoms with Crippen LogP contribution in [0.15, 0.2) is 41.5 Å². The summed E-state index contributed by atoms with van der Waals surface area (Å²) in [5.74, 6) is -2.03. The van der Waals surface area contributed by atoms with Crippen molar-refractivity contribution in [3.8, 4) is 17.6 Å². The molecule has 5 rings (SSSR count). The van der Waals surface area contributed by atoms with Crippen molar-refractivity contribution in [3.63, 3.8) is 0 Å². The van der Waals surface area contributed by atoms with Gasteiger partial charge in [-0.3, -0.25) is 9.36 Å². The normalized spacial score (nSPS) is 20.9. The van der Waals surface area contributed by atoms with Gasteiger partial charge >= 0.3 is 6.09 Å². The Kier molecular flexibility index (Phi) is 5.24. The molecular formula is C25H22F2N4O4. The average Bonchev–Trinajstić information content (AvgIpc) is 3.27. The number of nitriles is 1. The summed E-state index contributed by atoms with van der Waals surface area (Å²) in [6.07, 6.45) is 1.13. The lowest BCUT2D eigenvalue weighted by molar-refractivity contribution is 0.0266. The molecule has 1 unspecified atom stereocenters. The van der Waals surface area contributed by atoms with Gasteiger partial charge in [-0.2, -0.15) is 5.26 Å². The number of aromatic nitrogens is 2. The van der Waals surface area contributed by atoms with E-state index in [0.29, 0.717) is 18.6 Å². The minimum Gasteiger partial charge on any atom is -0.453 e. The van der Waals surface area contributed by atoms with Crippen LogP contribution in [0.3, 0.4) is 0 Å². The zero-order valence-electron chi connectivity index (χ0n) is 19.3. The lowest BCUT2D eigenvalue weighted by Crippen LogP contribution is -2.37. The van der Waals surface area contributed by atoms with Crippen molar-refractivity contribution >= 4 is 17.0 Å². The van der Waals surface area contributed by atoms with Crippen LogP contribution in [0, 0.1) is 34.8 Å². The maximum atomic E-state index is 14.2. The van der Waals surface area contributed by atoms with E-state index in [1.54, 1.807) is 15.5 Å². The zero-order valence-corrected chi connectivity index (χ0v) is 19.3. The number of fused-ring (bicyclic) bond motifs is 2. The summed E-state index contributed by atoms with van der Waals surface area (Å²) in [6, 6.07) is 7.63. The van der Waals surface area contributed by atoms with Gasteiger partial charge < -0.3 is 14.4 Å². The molecule has 0 N–H and O–H groups in total. The Balaban J connectivity index is 1.39. The largest absolute Gasteiger partial charge is 0.453 e. The molecule has 0 radical (unpaired) electrons. The highest BCUT2D eigenvalue weighted by atomic mass is 19.1. The number of ether oxygens (including phenoxy) is 2. The van der Waals surface area contributed by atoms with E-state index in [1.807, 2.05) is 20.8 Å². The highest BCUT2D eigenvalue weighted by Gasteiger charge is 2.58. The van der Waals surface area contributed by atoms with Crippen molar-refractivity contribution in [1.29, 1.82) is 5.26 Å². The van der Waals surface area contributed by atoms with E-state index >= 15 is 0 Å². The van der Waals surface area contributed by atoms with Crippen molar-refractivity contribution in [3.05, 3.63) is 64.2 Å². The topological polar surface area (TPSA) is 97.4 Å². The van der Waals surface area contributed by atoms with Gasteiger partial charge in [-0.05, 0) is 51.1 Å². The van der Waals surface area contributed by atoms with Gasteiger partial charge in [0.2, 0.25) is 0 Å². The molecule has 1 saturated carbocycles. The number of halogens is 2. The highest BCUT2D eigenvalue weighted by molar-refractivity contribution is 5.79. The highest BCUT2D eigenvalue weighted by Crippen LogP contribution is 2.54. The molecular weight excluding hydrogens is 458 g/mol. The second-order valence-corrected chi connectivity index (χ2v) is 9.79. The maximum absolute atomic E-state index is 14.2. The molecule has 0 spiro atoms. The average molecular weight is 480 g/mol. The van der Waals surface area contributed by atoms with E-state index in [2.05, 4.69) is 4.98 Å². The molecule has 35 heavy (non-hydrogen) atoms. The fourth-order valence-corrected chi connectivity index (χ4v) is 4.63. The van der Waals surface area contributed by atoms with Crippen LogP contribution in [0.25, 0.3) is 10.9 Å². The predicted octanol–water partition coefficient (Wildman–Crippen LogP) is 4.38. The van der Waals surface area contributed by atoms with Gasteiger partial charge in [0.05, 0.1) is 17.2 Å². The monoisotopic (exact) mass is 480 g/mol. The van der Waals surface area contributed by atoms with E-state index in [1.165, 1.54) is 24.5 Å². The van der Waals surface area contributed by atoms with Crippen molar-refractivity contribution in [2.45, 2.75) is 32.4 Å². The molecule has 180 valence electrons. The number of carbonyl (C=O) groups is 1. The van der Waals surface area contributed by atoms with Gasteiger partial charge in [0, 0.05) is 31.0 Å². The first kappa shape index (κ1) is 22.8. The van der Waals surface area contributed by atoms with Crippen LogP contribution in [0.4, 0.5) is 13.6 Å². The summed E-state index contributed by atoms with van der Waals surface area (Å²) < 4.78 is 40.6. The summed E-state index contributed by atoms with van der Waals surface area (Å²) in [5, 5.41) is 9.42. The smallest absolute Gasteiger partial charge is 0.410 e. The third-order valence-electron chi connectivity index (χ3n) is 6.27. The SMILES string of the molecule is CC(C)(C)OC(=O)N1C[C@@H]2C(n3cnc4ccc(Oc5c(F)ccc(F)c5C#N)cc4c3=O)[C@@H]2C1. The number of amides is 1. The Morgan fingerprint density at radius 1 is 1.14 bits per heavy atom. The fraction of sp³-hybridized carbons (Fsp3) is 0.360. The molecule has 2 heterocycles. The summed E-state index contributed by atoms with van der Waals surface area (Å²) in [5.41, 5.74) is -1.03. The molecule has 2 fully saturated rings. The summed E-state index contributed by atoms with van der Waals surface area (Å²) in [6.45, 7) is 6.42. The zero-order chi connectivity index (χ0) is 25.1. The first-order valence-corrected chi connectivity index (χ1v) is 11.1. The number of rotatable bonds is 3. The Bertz CT molecular complexity index is 1440. The molecule has 1 amide bonds. The van der Waals surface area contributed by atoms with Crippen LogP contribution in [0.1, 0.15) is 32.4 Å². The van der Waals surface area contributed by atoms with Crippen LogP contribution in [0.2, 0.25) is 0 Å². The molecule has 1 aliphatic carbocycles. The molecule has 0 bridgehead atoms. The molecule has 3 aromatic rings. The third kappa shape index (κ3) is 4.07. The number of hydrogen-bond acceptors (Lipinski definition) is 6. The number of hydrogen-bond donors (Lipinski definition) is 0. The summed E-state index contributed by atoms with van der Waals surface area (Å²) >= 11 is 0. The molecule has 1 aliphatic heterocycles. The predicted molar refractivity (Wildman–Crippen MR) is 121 cm³/mol. The lowest BCUT2D eigenvalue weighted by atomic mass is 10.2. The van der Waals surface area contributed by atoms with E-state index in [-0.39, 0.29) is 40.7 Å². The van der Waals surface area contributed by atoms with E-state index in [0.717, 1.165) is 12.1 Å². The third-order valence-corrected chi connectivity index (χ3v) is 6.27. The van der Waals surface area contributed by atoms with Gasteiger partial charge in [0.15, 0.2) is 11.6 Å². The Morgan fingerprint density at radius 2 is 1.83 bits per heavy atom. The van der Waals surface area contributed by atoms with Gasteiger partial charge in [-0.15, -0.1) is 0 Å². The Hall–Kier alpha value is -4.00. The van der Waals surface area contributed by atoms with E-state index in [4.69, 9.17) is 9.47 Å². The number of carbonyl (C=O) groups excluding carboxylic acids is 1. The molecule has 3 atom stereocenters. The Labute approximate surface area is 199 Å². The van der Waals surface area contributed by atoms with Gasteiger partial charge in [-0.1, -0.05) is 0 Å². The minimum atomic E-state index is -0.908. The van der Waals surface area contributed by atoms with E-state index < -0.39 is 28.5 Å². The summed E-state index contributed by atoms with van der Waals surface area (Å²) in [7, 11) is 0. The minimum absolute atomic E-state index is 0.0715. The van der Waals surface area contributed by atoms with Crippen molar-refractivity contribution < 1.29 is 23.0 Å². The molecule has 2 aromatic carbocycles. The summed E-state index contributed by atoms with van der Waals surface area (Å²) in [4.78, 5) is 31.6. The van der Waals surface area contributed by atoms with Gasteiger partial charge in [-0.25, -0.2) is 18.6 Å². The van der Waals surface area contributed by atoms with Crippen molar-refractivity contribution in [1.82, 2.24) is 14.5 Å². The van der Waals surface area contributed by atoms with Crippen molar-refractivity contribution in [2.24, 2.45) is 11.8 Å². The number of piperidine rings is 1. The number of nitrogens with zero attached hydrogens (tertiary/aromatic N) is 4. The van der Waals surface area contributed by atoms with Crippen LogP contribution < -0.4 is 10.3 Å². The first-order chi connectivity index (χ1) is 16.6. The molecule has 1 saturated heterocycles.